The summed E-state index contributed by atoms with van der Waals surface area (Å²) in [7, 11) is 0. The van der Waals surface area contributed by atoms with E-state index in [2.05, 4.69) is 185 Å². The van der Waals surface area contributed by atoms with Crippen molar-refractivity contribution in [3.8, 4) is 0 Å². The largest absolute Gasteiger partial charge is 0.0616 e. The molecule has 8 aromatic carbocycles. The summed E-state index contributed by atoms with van der Waals surface area (Å²) >= 11 is 0. The first kappa shape index (κ1) is 40.6. The van der Waals surface area contributed by atoms with Crippen molar-refractivity contribution in [3.05, 3.63) is 213 Å². The van der Waals surface area contributed by atoms with Crippen molar-refractivity contribution in [1.29, 1.82) is 0 Å². The fourth-order valence-corrected chi connectivity index (χ4v) is 11.5. The predicted octanol–water partition coefficient (Wildman–Crippen LogP) is 17.8. The third kappa shape index (κ3) is 7.92. The van der Waals surface area contributed by atoms with Crippen LogP contribution in [0.25, 0.3) is 32.3 Å². The summed E-state index contributed by atoms with van der Waals surface area (Å²) in [5, 5.41) is 8.01. The van der Waals surface area contributed by atoms with Gasteiger partial charge in [0, 0.05) is 11.8 Å². The summed E-state index contributed by atoms with van der Waals surface area (Å²) in [6.45, 7) is 9.18. The van der Waals surface area contributed by atoms with Gasteiger partial charge in [0.05, 0.1) is 0 Å². The summed E-state index contributed by atoms with van der Waals surface area (Å²) in [4.78, 5) is 0. The third-order valence-corrected chi connectivity index (χ3v) is 15.1. The fourth-order valence-electron chi connectivity index (χ4n) is 11.5. The molecule has 2 aliphatic carbocycles. The first-order valence-electron chi connectivity index (χ1n) is 24.2. The molecule has 2 fully saturated rings. The van der Waals surface area contributed by atoms with Crippen molar-refractivity contribution in [3.63, 3.8) is 0 Å². The Morgan fingerprint density at radius 1 is 0.306 bits per heavy atom. The second-order valence-corrected chi connectivity index (χ2v) is 19.6. The maximum absolute atomic E-state index is 2.57. The lowest BCUT2D eigenvalue weighted by Gasteiger charge is -2.26. The van der Waals surface area contributed by atoms with E-state index in [0.29, 0.717) is 23.7 Å². The molecule has 0 amide bonds. The molecule has 0 bridgehead atoms. The van der Waals surface area contributed by atoms with Crippen LogP contribution in [0.5, 0.6) is 0 Å². The van der Waals surface area contributed by atoms with E-state index in [1.165, 1.54) is 152 Å². The summed E-state index contributed by atoms with van der Waals surface area (Å²) in [6.07, 6.45) is 13.5. The number of hydrogen-bond donors (Lipinski definition) is 0. The molecular formula is C62H64. The molecule has 0 aliphatic heterocycles. The minimum atomic E-state index is 0.0965. The van der Waals surface area contributed by atoms with Crippen molar-refractivity contribution in [2.24, 2.45) is 0 Å². The Bertz CT molecular complexity index is 2570. The van der Waals surface area contributed by atoms with Crippen molar-refractivity contribution < 1.29 is 0 Å². The molecule has 62 heavy (non-hydrogen) atoms. The molecule has 0 heterocycles. The topological polar surface area (TPSA) is 0 Å². The third-order valence-electron chi connectivity index (χ3n) is 15.1. The maximum Gasteiger partial charge on any atom is 0.0346 e. The Hall–Kier alpha value is -5.46. The lowest BCUT2D eigenvalue weighted by Crippen LogP contribution is -2.08. The highest BCUT2D eigenvalue weighted by atomic mass is 14.3. The van der Waals surface area contributed by atoms with Gasteiger partial charge < -0.3 is 0 Å². The lowest BCUT2D eigenvalue weighted by atomic mass is 9.77. The highest BCUT2D eigenvalue weighted by molar-refractivity contribution is 6.19. The van der Waals surface area contributed by atoms with E-state index >= 15 is 0 Å². The first-order chi connectivity index (χ1) is 30.4. The Morgan fingerprint density at radius 3 is 0.919 bits per heavy atom. The molecule has 0 heteroatoms. The van der Waals surface area contributed by atoms with Crippen LogP contribution in [0, 0.1) is 0 Å². The zero-order valence-corrected chi connectivity index (χ0v) is 37.5. The highest BCUT2D eigenvalue weighted by Gasteiger charge is 2.26. The van der Waals surface area contributed by atoms with E-state index in [0.717, 1.165) is 0 Å². The summed E-state index contributed by atoms with van der Waals surface area (Å²) in [5.74, 6) is 2.56. The van der Waals surface area contributed by atoms with Crippen LogP contribution in [-0.2, 0) is 0 Å². The second-order valence-electron chi connectivity index (χ2n) is 19.6. The van der Waals surface area contributed by atoms with Gasteiger partial charge in [-0.25, -0.2) is 0 Å². The summed E-state index contributed by atoms with van der Waals surface area (Å²) in [6, 6.07) is 62.4. The van der Waals surface area contributed by atoms with Crippen LogP contribution in [-0.4, -0.2) is 0 Å². The lowest BCUT2D eigenvalue weighted by molar-refractivity contribution is 0.443. The van der Waals surface area contributed by atoms with Gasteiger partial charge in [0.25, 0.3) is 0 Å². The van der Waals surface area contributed by atoms with Gasteiger partial charge in [0.15, 0.2) is 0 Å². The minimum absolute atomic E-state index is 0.0965. The van der Waals surface area contributed by atoms with Crippen LogP contribution >= 0.6 is 0 Å². The van der Waals surface area contributed by atoms with Gasteiger partial charge in [0.2, 0.25) is 0 Å². The molecule has 0 N–H and O–H groups in total. The van der Waals surface area contributed by atoms with E-state index in [4.69, 9.17) is 0 Å². The van der Waals surface area contributed by atoms with Crippen molar-refractivity contribution in [1.82, 2.24) is 0 Å². The molecule has 0 saturated heterocycles. The average molecular weight is 809 g/mol. The molecule has 2 unspecified atom stereocenters. The van der Waals surface area contributed by atoms with Crippen LogP contribution in [0.4, 0.5) is 0 Å². The Morgan fingerprint density at radius 2 is 0.597 bits per heavy atom. The van der Waals surface area contributed by atoms with Crippen molar-refractivity contribution >= 4 is 32.3 Å². The van der Waals surface area contributed by atoms with Gasteiger partial charge in [-0.05, 0) is 149 Å². The molecule has 2 atom stereocenters. The van der Waals surface area contributed by atoms with Gasteiger partial charge in [-0.1, -0.05) is 212 Å². The summed E-state index contributed by atoms with van der Waals surface area (Å²) < 4.78 is 0. The standard InChI is InChI=1S/C62H64/c1-41(2)43-23-31-49(32-24-43)61(51-35-27-47(28-36-51)45-15-7-5-8-16-45)59-39-57-54-20-12-14-22-56(54)60(40-58(57)53-19-11-13-21-55(53)59)62(50-33-25-44(26-34-50)42(3)4)52-37-29-48(30-38-52)46-17-9-6-10-18-46/h11-14,19-42,45-46,61-62H,5-10,15-18H2,1-4H3. The van der Waals surface area contributed by atoms with Crippen LogP contribution in [0.3, 0.4) is 0 Å². The van der Waals surface area contributed by atoms with Gasteiger partial charge in [0.1, 0.15) is 0 Å². The number of fused-ring (bicyclic) bond motifs is 5. The number of hydrogen-bond acceptors (Lipinski definition) is 0. The van der Waals surface area contributed by atoms with Gasteiger partial charge in [-0.2, -0.15) is 0 Å². The van der Waals surface area contributed by atoms with Crippen LogP contribution < -0.4 is 0 Å². The molecule has 8 aromatic rings. The molecule has 2 aliphatic rings. The Labute approximate surface area is 371 Å². The van der Waals surface area contributed by atoms with Crippen LogP contribution in [0.1, 0.15) is 183 Å². The molecule has 10 rings (SSSR count). The van der Waals surface area contributed by atoms with Gasteiger partial charge >= 0.3 is 0 Å². The van der Waals surface area contributed by atoms with Crippen molar-refractivity contribution in [2.45, 2.75) is 127 Å². The first-order valence-corrected chi connectivity index (χ1v) is 24.2. The zero-order chi connectivity index (χ0) is 42.2. The zero-order valence-electron chi connectivity index (χ0n) is 37.5. The molecule has 0 nitrogen and oxygen atoms in total. The normalized spacial score (nSPS) is 16.4. The Balaban J connectivity index is 1.18. The SMILES string of the molecule is CC(C)c1ccc(C(c2ccc(C3CCCCC3)cc2)c2cc3c4ccccc4c(C(c4ccc(C(C)C)cc4)c4ccc(C5CCCCC5)cc4)cc3c3ccccc23)cc1. The molecule has 0 spiro atoms. The monoisotopic (exact) mass is 809 g/mol. The highest BCUT2D eigenvalue weighted by Crippen LogP contribution is 2.46. The Kier molecular flexibility index (Phi) is 11.6. The van der Waals surface area contributed by atoms with Crippen LogP contribution in [0.2, 0.25) is 0 Å². The average Bonchev–Trinajstić information content (AvgIpc) is 3.33. The minimum Gasteiger partial charge on any atom is -0.0616 e. The van der Waals surface area contributed by atoms with E-state index < -0.39 is 0 Å². The molecule has 312 valence electrons. The quantitative estimate of drug-likeness (QED) is 0.0954. The summed E-state index contributed by atoms with van der Waals surface area (Å²) in [5.41, 5.74) is 14.0. The second kappa shape index (κ2) is 17.7. The molecular weight excluding hydrogens is 745 g/mol. The van der Waals surface area contributed by atoms with E-state index in [9.17, 15) is 0 Å². The smallest absolute Gasteiger partial charge is 0.0346 e. The van der Waals surface area contributed by atoms with Crippen molar-refractivity contribution in [2.75, 3.05) is 0 Å². The molecule has 2 saturated carbocycles. The van der Waals surface area contributed by atoms with E-state index in [-0.39, 0.29) is 11.8 Å². The van der Waals surface area contributed by atoms with Crippen LogP contribution in [0.15, 0.2) is 158 Å². The van der Waals surface area contributed by atoms with E-state index in [1.54, 1.807) is 0 Å². The predicted molar refractivity (Wildman–Crippen MR) is 266 cm³/mol. The van der Waals surface area contributed by atoms with E-state index in [1.807, 2.05) is 0 Å². The fraction of sp³-hybridized carbons (Fsp3) is 0.323. The number of rotatable bonds is 10. The number of benzene rings is 8. The molecule has 0 radical (unpaired) electrons. The molecule has 0 aromatic heterocycles. The van der Waals surface area contributed by atoms with Gasteiger partial charge in [-0.15, -0.1) is 0 Å². The maximum atomic E-state index is 2.57. The van der Waals surface area contributed by atoms with Gasteiger partial charge in [-0.3, -0.25) is 0 Å².